The van der Waals surface area contributed by atoms with E-state index in [9.17, 15) is 8.42 Å². The van der Waals surface area contributed by atoms with Crippen LogP contribution in [0.5, 0.6) is 0 Å². The Morgan fingerprint density at radius 2 is 1.95 bits per heavy atom. The Labute approximate surface area is 128 Å². The molecule has 0 aliphatic carbocycles. The van der Waals surface area contributed by atoms with Gasteiger partial charge in [0.25, 0.3) is 10.0 Å². The Kier molecular flexibility index (Phi) is 2.65. The van der Waals surface area contributed by atoms with Crippen molar-refractivity contribution in [3.05, 3.63) is 41.9 Å². The SMILES string of the molecule is Cc1cc(S(=O)(=O)N2CCn3c2nc2ccccc23)c(C)o1. The Morgan fingerprint density at radius 1 is 1.18 bits per heavy atom. The number of nitrogens with zero attached hydrogens (tertiary/aromatic N) is 3. The van der Waals surface area contributed by atoms with Gasteiger partial charge in [0.15, 0.2) is 0 Å². The molecule has 4 rings (SSSR count). The van der Waals surface area contributed by atoms with Crippen LogP contribution in [0.3, 0.4) is 0 Å². The molecule has 0 N–H and O–H groups in total. The number of fused-ring (bicyclic) bond motifs is 3. The standard InChI is InChI=1S/C15H15N3O3S/c1-10-9-14(11(2)21-10)22(19,20)18-8-7-17-13-6-4-3-5-12(13)16-15(17)18/h3-6,9H,7-8H2,1-2H3. The van der Waals surface area contributed by atoms with Gasteiger partial charge in [-0.2, -0.15) is 0 Å². The highest BCUT2D eigenvalue weighted by Gasteiger charge is 2.35. The summed E-state index contributed by atoms with van der Waals surface area (Å²) in [6, 6.07) is 9.23. The number of imidazole rings is 1. The Balaban J connectivity index is 1.88. The van der Waals surface area contributed by atoms with E-state index in [4.69, 9.17) is 4.42 Å². The summed E-state index contributed by atoms with van der Waals surface area (Å²) in [6.45, 7) is 4.40. The lowest BCUT2D eigenvalue weighted by atomic mass is 10.3. The van der Waals surface area contributed by atoms with Crippen LogP contribution in [0, 0.1) is 13.8 Å². The van der Waals surface area contributed by atoms with Crippen LogP contribution in [-0.4, -0.2) is 24.5 Å². The lowest BCUT2D eigenvalue weighted by Crippen LogP contribution is -2.29. The number of rotatable bonds is 2. The molecule has 0 fully saturated rings. The van der Waals surface area contributed by atoms with Crippen molar-refractivity contribution in [1.29, 1.82) is 0 Å². The van der Waals surface area contributed by atoms with E-state index >= 15 is 0 Å². The van der Waals surface area contributed by atoms with E-state index < -0.39 is 10.0 Å². The van der Waals surface area contributed by atoms with Crippen molar-refractivity contribution in [2.24, 2.45) is 0 Å². The van der Waals surface area contributed by atoms with Crippen molar-refractivity contribution < 1.29 is 12.8 Å². The lowest BCUT2D eigenvalue weighted by Gasteiger charge is -2.15. The highest BCUT2D eigenvalue weighted by molar-refractivity contribution is 7.92. The fourth-order valence-corrected chi connectivity index (χ4v) is 4.61. The molecule has 3 aromatic rings. The van der Waals surface area contributed by atoms with E-state index in [0.29, 0.717) is 30.6 Å². The van der Waals surface area contributed by atoms with Gasteiger partial charge < -0.3 is 8.98 Å². The second kappa shape index (κ2) is 4.36. The Bertz CT molecular complexity index is 985. The first-order valence-electron chi connectivity index (χ1n) is 7.03. The topological polar surface area (TPSA) is 68.3 Å². The molecule has 1 aliphatic heterocycles. The van der Waals surface area contributed by atoms with Gasteiger partial charge in [-0.15, -0.1) is 0 Å². The van der Waals surface area contributed by atoms with Crippen molar-refractivity contribution >= 4 is 27.0 Å². The molecule has 0 amide bonds. The van der Waals surface area contributed by atoms with Crippen LogP contribution >= 0.6 is 0 Å². The second-order valence-corrected chi connectivity index (χ2v) is 7.24. The van der Waals surface area contributed by atoms with Gasteiger partial charge in [0.1, 0.15) is 16.4 Å². The first-order valence-corrected chi connectivity index (χ1v) is 8.47. The predicted molar refractivity (Wildman–Crippen MR) is 82.4 cm³/mol. The van der Waals surface area contributed by atoms with E-state index in [0.717, 1.165) is 11.0 Å². The van der Waals surface area contributed by atoms with Gasteiger partial charge in [0, 0.05) is 12.6 Å². The van der Waals surface area contributed by atoms with Crippen LogP contribution in [0.25, 0.3) is 11.0 Å². The van der Waals surface area contributed by atoms with Crippen LogP contribution in [0.2, 0.25) is 0 Å². The third-order valence-corrected chi connectivity index (χ3v) is 5.83. The van der Waals surface area contributed by atoms with Crippen LogP contribution in [0.4, 0.5) is 5.95 Å². The first kappa shape index (κ1) is 13.4. The Hall–Kier alpha value is -2.28. The average Bonchev–Trinajstić information content (AvgIpc) is 3.11. The fraction of sp³-hybridized carbons (Fsp3) is 0.267. The maximum atomic E-state index is 12.9. The van der Waals surface area contributed by atoms with Gasteiger partial charge in [0.05, 0.1) is 17.6 Å². The van der Waals surface area contributed by atoms with Crippen LogP contribution < -0.4 is 4.31 Å². The van der Waals surface area contributed by atoms with Crippen LogP contribution in [-0.2, 0) is 16.6 Å². The number of aromatic nitrogens is 2. The maximum Gasteiger partial charge on any atom is 0.270 e. The van der Waals surface area contributed by atoms with Crippen molar-refractivity contribution in [2.75, 3.05) is 10.8 Å². The summed E-state index contributed by atoms with van der Waals surface area (Å²) in [7, 11) is -3.65. The van der Waals surface area contributed by atoms with E-state index in [-0.39, 0.29) is 4.90 Å². The number of hydrogen-bond donors (Lipinski definition) is 0. The monoisotopic (exact) mass is 317 g/mol. The zero-order valence-electron chi connectivity index (χ0n) is 12.3. The molecule has 7 heteroatoms. The lowest BCUT2D eigenvalue weighted by molar-refractivity contribution is 0.496. The fourth-order valence-electron chi connectivity index (χ4n) is 2.97. The average molecular weight is 317 g/mol. The number of benzene rings is 1. The molecule has 1 aliphatic rings. The van der Waals surface area contributed by atoms with Crippen molar-refractivity contribution in [2.45, 2.75) is 25.3 Å². The smallest absolute Gasteiger partial charge is 0.270 e. The first-order chi connectivity index (χ1) is 10.5. The summed E-state index contributed by atoms with van der Waals surface area (Å²) >= 11 is 0. The maximum absolute atomic E-state index is 12.9. The summed E-state index contributed by atoms with van der Waals surface area (Å²) in [4.78, 5) is 4.70. The molecular formula is C15H15N3O3S. The molecule has 0 unspecified atom stereocenters. The van der Waals surface area contributed by atoms with Crippen molar-refractivity contribution in [3.63, 3.8) is 0 Å². The summed E-state index contributed by atoms with van der Waals surface area (Å²) in [5.74, 6) is 1.47. The molecule has 2 aromatic heterocycles. The predicted octanol–water partition coefficient (Wildman–Crippen LogP) is 2.46. The largest absolute Gasteiger partial charge is 0.465 e. The minimum Gasteiger partial charge on any atom is -0.465 e. The van der Waals surface area contributed by atoms with Gasteiger partial charge in [-0.25, -0.2) is 17.7 Å². The third-order valence-electron chi connectivity index (χ3n) is 3.95. The third kappa shape index (κ3) is 1.72. The van der Waals surface area contributed by atoms with Crippen LogP contribution in [0.1, 0.15) is 11.5 Å². The number of anilines is 1. The van der Waals surface area contributed by atoms with E-state index in [1.807, 2.05) is 28.8 Å². The molecule has 0 radical (unpaired) electrons. The number of hydrogen-bond acceptors (Lipinski definition) is 4. The van der Waals surface area contributed by atoms with E-state index in [1.165, 1.54) is 4.31 Å². The molecule has 6 nitrogen and oxygen atoms in total. The number of sulfonamides is 1. The van der Waals surface area contributed by atoms with Crippen molar-refractivity contribution in [1.82, 2.24) is 9.55 Å². The van der Waals surface area contributed by atoms with Gasteiger partial charge in [-0.3, -0.25) is 0 Å². The number of para-hydroxylation sites is 2. The molecular weight excluding hydrogens is 302 g/mol. The van der Waals surface area contributed by atoms with Gasteiger partial charge >= 0.3 is 0 Å². The summed E-state index contributed by atoms with van der Waals surface area (Å²) in [6.07, 6.45) is 0. The molecule has 114 valence electrons. The molecule has 0 atom stereocenters. The summed E-state index contributed by atoms with van der Waals surface area (Å²) < 4.78 is 34.5. The summed E-state index contributed by atoms with van der Waals surface area (Å²) in [5, 5.41) is 0. The number of furan rings is 1. The van der Waals surface area contributed by atoms with E-state index in [2.05, 4.69) is 4.98 Å². The molecule has 0 saturated carbocycles. The highest BCUT2D eigenvalue weighted by Crippen LogP contribution is 2.33. The van der Waals surface area contributed by atoms with Gasteiger partial charge in [-0.1, -0.05) is 12.1 Å². The van der Waals surface area contributed by atoms with Crippen molar-refractivity contribution in [3.8, 4) is 0 Å². The number of aryl methyl sites for hydroxylation is 2. The van der Waals surface area contributed by atoms with Crippen LogP contribution in [0.15, 0.2) is 39.6 Å². The minimum absolute atomic E-state index is 0.213. The minimum atomic E-state index is -3.65. The van der Waals surface area contributed by atoms with E-state index in [1.54, 1.807) is 19.9 Å². The zero-order valence-corrected chi connectivity index (χ0v) is 13.1. The molecule has 0 bridgehead atoms. The highest BCUT2D eigenvalue weighted by atomic mass is 32.2. The quantitative estimate of drug-likeness (QED) is 0.728. The summed E-state index contributed by atoms with van der Waals surface area (Å²) in [5.41, 5.74) is 1.76. The molecule has 0 spiro atoms. The zero-order chi connectivity index (χ0) is 15.5. The molecule has 3 heterocycles. The van der Waals surface area contributed by atoms with Gasteiger partial charge in [0.2, 0.25) is 5.95 Å². The molecule has 0 saturated heterocycles. The molecule has 22 heavy (non-hydrogen) atoms. The normalized spacial score (nSPS) is 14.7. The molecule has 1 aromatic carbocycles. The van der Waals surface area contributed by atoms with Gasteiger partial charge in [-0.05, 0) is 26.0 Å². The Morgan fingerprint density at radius 3 is 2.68 bits per heavy atom. The second-order valence-electron chi connectivity index (χ2n) is 5.41.